The van der Waals surface area contributed by atoms with Gasteiger partial charge in [-0.2, -0.15) is 0 Å². The maximum atomic E-state index is 4.54. The topological polar surface area (TPSA) is 25.8 Å². The van der Waals surface area contributed by atoms with Crippen LogP contribution in [0.2, 0.25) is 0 Å². The van der Waals surface area contributed by atoms with E-state index in [4.69, 9.17) is 0 Å². The molecule has 0 unspecified atom stereocenters. The number of thiazole rings is 2. The van der Waals surface area contributed by atoms with Crippen LogP contribution in [0.25, 0.3) is 97.6 Å². The van der Waals surface area contributed by atoms with Crippen molar-refractivity contribution in [3.8, 4) is 54.5 Å². The van der Waals surface area contributed by atoms with Crippen LogP contribution >= 0.6 is 22.7 Å². The van der Waals surface area contributed by atoms with Gasteiger partial charge in [0.2, 0.25) is 0 Å². The lowest BCUT2D eigenvalue weighted by Crippen LogP contribution is -1.94. The number of rotatable bonds is 5. The lowest BCUT2D eigenvalue weighted by molar-refractivity contribution is 1.41. The Morgan fingerprint density at radius 1 is 0.280 bits per heavy atom. The Morgan fingerprint density at radius 2 is 0.540 bits per heavy atom. The van der Waals surface area contributed by atoms with Crippen molar-refractivity contribution in [2.24, 2.45) is 0 Å². The number of hydrogen-bond donors (Lipinski definition) is 0. The highest BCUT2D eigenvalue weighted by Crippen LogP contribution is 2.50. The van der Waals surface area contributed by atoms with Crippen LogP contribution in [0.4, 0.5) is 0 Å². The second-order valence-corrected chi connectivity index (χ2v) is 14.3. The summed E-state index contributed by atoms with van der Waals surface area (Å²) in [5.41, 5.74) is 9.77. The third-order valence-electron chi connectivity index (χ3n) is 9.82. The van der Waals surface area contributed by atoms with Crippen LogP contribution in [-0.2, 0) is 0 Å². The van der Waals surface area contributed by atoms with E-state index in [9.17, 15) is 0 Å². The molecule has 2 nitrogen and oxygen atoms in total. The molecule has 0 aliphatic rings. The quantitative estimate of drug-likeness (QED) is 0.170. The largest absolute Gasteiger partial charge is 0.245 e. The van der Waals surface area contributed by atoms with Gasteiger partial charge in [0.15, 0.2) is 0 Å². The highest BCUT2D eigenvalue weighted by Gasteiger charge is 2.22. The number of nitrogens with zero attached hydrogens (tertiary/aromatic N) is 2. The predicted octanol–water partition coefficient (Wildman–Crippen LogP) is 13.5. The highest BCUT2D eigenvalue weighted by atomic mass is 32.1. The van der Waals surface area contributed by atoms with Crippen molar-refractivity contribution in [2.45, 2.75) is 0 Å². The first-order valence-electron chi connectivity index (χ1n) is 16.7. The van der Waals surface area contributed by atoms with Crippen molar-refractivity contribution in [1.29, 1.82) is 0 Å². The van der Waals surface area contributed by atoms with Gasteiger partial charge in [0.25, 0.3) is 0 Å². The fourth-order valence-electron chi connectivity index (χ4n) is 7.71. The summed E-state index contributed by atoms with van der Waals surface area (Å²) < 4.78 is 0. The van der Waals surface area contributed by atoms with Crippen LogP contribution in [-0.4, -0.2) is 9.97 Å². The minimum absolute atomic E-state index is 1.04. The van der Waals surface area contributed by atoms with E-state index >= 15 is 0 Å². The van der Waals surface area contributed by atoms with E-state index in [1.807, 2.05) is 23.2 Å². The van der Waals surface area contributed by atoms with E-state index in [0.717, 1.165) is 21.1 Å². The summed E-state index contributed by atoms with van der Waals surface area (Å²) in [6.45, 7) is 0. The third-order valence-corrected chi connectivity index (χ3v) is 11.5. The average molecular weight is 673 g/mol. The first-order chi connectivity index (χ1) is 24.8. The van der Waals surface area contributed by atoms with Crippen LogP contribution in [0.5, 0.6) is 0 Å². The first kappa shape index (κ1) is 29.0. The van der Waals surface area contributed by atoms with E-state index in [0.29, 0.717) is 0 Å². The van der Waals surface area contributed by atoms with Gasteiger partial charge in [-0.15, -0.1) is 22.7 Å². The second-order valence-electron chi connectivity index (χ2n) is 12.5. The van der Waals surface area contributed by atoms with E-state index in [1.54, 1.807) is 22.7 Å². The van der Waals surface area contributed by atoms with Crippen LogP contribution < -0.4 is 0 Å². The summed E-state index contributed by atoms with van der Waals surface area (Å²) in [4.78, 5) is 9.08. The summed E-state index contributed by atoms with van der Waals surface area (Å²) >= 11 is 3.34. The van der Waals surface area contributed by atoms with Gasteiger partial charge in [-0.05, 0) is 76.5 Å². The molecule has 4 heteroatoms. The number of aromatic nitrogens is 2. The van der Waals surface area contributed by atoms with Crippen molar-refractivity contribution in [3.05, 3.63) is 169 Å². The van der Waals surface area contributed by atoms with Crippen molar-refractivity contribution in [2.75, 3.05) is 0 Å². The molecular weight excluding hydrogens is 645 g/mol. The fourth-order valence-corrected chi connectivity index (χ4v) is 9.00. The molecule has 0 bridgehead atoms. The van der Waals surface area contributed by atoms with E-state index in [1.165, 1.54) is 76.5 Å². The smallest absolute Gasteiger partial charge is 0.123 e. The molecule has 0 aliphatic carbocycles. The molecule has 0 saturated heterocycles. The van der Waals surface area contributed by atoms with Gasteiger partial charge in [-0.25, -0.2) is 9.97 Å². The lowest BCUT2D eigenvalue weighted by Gasteiger charge is -2.22. The maximum Gasteiger partial charge on any atom is 0.123 e. The minimum Gasteiger partial charge on any atom is -0.245 e. The third kappa shape index (κ3) is 4.61. The zero-order valence-electron chi connectivity index (χ0n) is 26.9. The Bertz CT molecular complexity index is 2520. The van der Waals surface area contributed by atoms with Gasteiger partial charge < -0.3 is 0 Å². The molecule has 0 fully saturated rings. The van der Waals surface area contributed by atoms with Crippen LogP contribution in [0.1, 0.15) is 0 Å². The lowest BCUT2D eigenvalue weighted by atomic mass is 9.81. The van der Waals surface area contributed by atoms with Crippen LogP contribution in [0.15, 0.2) is 169 Å². The molecule has 10 rings (SSSR count). The van der Waals surface area contributed by atoms with E-state index in [2.05, 4.69) is 156 Å². The molecule has 0 spiro atoms. The Hall–Kier alpha value is -5.94. The van der Waals surface area contributed by atoms with Crippen LogP contribution in [0.3, 0.4) is 0 Å². The van der Waals surface area contributed by atoms with Crippen molar-refractivity contribution in [3.63, 3.8) is 0 Å². The fraction of sp³-hybridized carbons (Fsp3) is 0. The SMILES string of the molecule is c1ccc2c(-c3c4ccccc4c(-c4ccc(-c5nccs5)cc4)c4ccccc34)c3ccccc3c(-c3ccc(-c4nccs4)cc3)c2c1. The number of hydrogen-bond acceptors (Lipinski definition) is 4. The zero-order chi connectivity index (χ0) is 33.0. The van der Waals surface area contributed by atoms with Crippen LogP contribution in [0, 0.1) is 0 Å². The Labute approximate surface area is 297 Å². The summed E-state index contributed by atoms with van der Waals surface area (Å²) in [5, 5.41) is 16.1. The summed E-state index contributed by atoms with van der Waals surface area (Å²) in [5.74, 6) is 0. The van der Waals surface area contributed by atoms with Crippen molar-refractivity contribution < 1.29 is 0 Å². The molecule has 0 aliphatic heterocycles. The molecule has 2 heterocycles. The molecule has 10 aromatic rings. The Kier molecular flexibility index (Phi) is 6.90. The highest BCUT2D eigenvalue weighted by molar-refractivity contribution is 7.13. The average Bonchev–Trinajstić information content (AvgIpc) is 3.93. The molecule has 0 saturated carbocycles. The van der Waals surface area contributed by atoms with Gasteiger partial charge in [0.1, 0.15) is 10.0 Å². The molecule has 0 N–H and O–H groups in total. The predicted molar refractivity (Wildman–Crippen MR) is 215 cm³/mol. The van der Waals surface area contributed by atoms with Gasteiger partial charge in [-0.1, -0.05) is 146 Å². The standard InChI is InChI=1S/C46H28N2S2/c1-5-13-37-33(9-1)41(29-17-21-31(22-18-29)45-47-25-27-49-45)34-10-2-6-14-38(34)43(37)44-39-15-7-3-11-35(39)42(36-12-4-8-16-40(36)44)30-19-23-32(24-20-30)46-48-26-28-50-46/h1-28H. The monoisotopic (exact) mass is 672 g/mol. The van der Waals surface area contributed by atoms with E-state index < -0.39 is 0 Å². The normalized spacial score (nSPS) is 11.6. The molecule has 234 valence electrons. The maximum absolute atomic E-state index is 4.54. The minimum atomic E-state index is 1.04. The molecule has 0 radical (unpaired) electrons. The van der Waals surface area contributed by atoms with Gasteiger partial charge in [-0.3, -0.25) is 0 Å². The summed E-state index contributed by atoms with van der Waals surface area (Å²) in [6, 6.07) is 53.6. The zero-order valence-corrected chi connectivity index (χ0v) is 28.5. The summed E-state index contributed by atoms with van der Waals surface area (Å²) in [6.07, 6.45) is 3.74. The summed E-state index contributed by atoms with van der Waals surface area (Å²) in [7, 11) is 0. The molecular formula is C46H28N2S2. The van der Waals surface area contributed by atoms with Gasteiger partial charge >= 0.3 is 0 Å². The molecule has 0 amide bonds. The second kappa shape index (κ2) is 11.9. The molecule has 0 atom stereocenters. The first-order valence-corrected chi connectivity index (χ1v) is 18.5. The van der Waals surface area contributed by atoms with Crippen molar-refractivity contribution >= 4 is 65.8 Å². The number of benzene rings is 8. The Balaban J connectivity index is 1.27. The molecule has 50 heavy (non-hydrogen) atoms. The van der Waals surface area contributed by atoms with Gasteiger partial charge in [0, 0.05) is 34.3 Å². The molecule has 2 aromatic heterocycles. The van der Waals surface area contributed by atoms with Crippen molar-refractivity contribution in [1.82, 2.24) is 9.97 Å². The Morgan fingerprint density at radius 3 is 0.800 bits per heavy atom. The van der Waals surface area contributed by atoms with Gasteiger partial charge in [0.05, 0.1) is 0 Å². The van der Waals surface area contributed by atoms with E-state index in [-0.39, 0.29) is 0 Å². The molecule has 8 aromatic carbocycles. The number of fused-ring (bicyclic) bond motifs is 4.